The van der Waals surface area contributed by atoms with Crippen molar-refractivity contribution in [1.29, 1.82) is 0 Å². The Balaban J connectivity index is 2.27. The fourth-order valence-corrected chi connectivity index (χ4v) is 3.22. The lowest BCUT2D eigenvalue weighted by Crippen LogP contribution is -2.17. The van der Waals surface area contributed by atoms with Crippen LogP contribution in [0.15, 0.2) is 36.4 Å². The predicted molar refractivity (Wildman–Crippen MR) is 87.1 cm³/mol. The van der Waals surface area contributed by atoms with Crippen molar-refractivity contribution in [3.63, 3.8) is 0 Å². The van der Waals surface area contributed by atoms with Crippen LogP contribution in [0, 0.1) is 0 Å². The Morgan fingerprint density at radius 1 is 0.850 bits per heavy atom. The quantitative estimate of drug-likeness (QED) is 0.675. The summed E-state index contributed by atoms with van der Waals surface area (Å²) in [5.41, 5.74) is 13.9. The summed E-state index contributed by atoms with van der Waals surface area (Å²) in [5, 5.41) is 0. The molecule has 3 rings (SSSR count). The lowest BCUT2D eigenvalue weighted by atomic mass is 9.79. The van der Waals surface area contributed by atoms with Crippen LogP contribution in [0.1, 0.15) is 51.3 Å². The van der Waals surface area contributed by atoms with Gasteiger partial charge >= 0.3 is 0 Å². The highest BCUT2D eigenvalue weighted by atomic mass is 14.5. The van der Waals surface area contributed by atoms with Gasteiger partial charge in [-0.2, -0.15) is 0 Å². The lowest BCUT2D eigenvalue weighted by Gasteiger charge is -2.25. The third-order valence-corrected chi connectivity index (χ3v) is 4.57. The second-order valence-corrected chi connectivity index (χ2v) is 7.44. The first-order valence-corrected chi connectivity index (χ1v) is 7.26. The fraction of sp³-hybridized carbons (Fsp3) is 0.368. The van der Waals surface area contributed by atoms with Crippen LogP contribution in [-0.4, -0.2) is 0 Å². The molecule has 2 N–H and O–H groups in total. The first-order chi connectivity index (χ1) is 9.21. The van der Waals surface area contributed by atoms with Crippen LogP contribution in [0.25, 0.3) is 11.1 Å². The van der Waals surface area contributed by atoms with E-state index in [0.29, 0.717) is 0 Å². The molecule has 0 amide bonds. The Kier molecular flexibility index (Phi) is 2.57. The summed E-state index contributed by atoms with van der Waals surface area (Å²) in [6.07, 6.45) is 0. The molecule has 2 aromatic carbocycles. The van der Waals surface area contributed by atoms with Gasteiger partial charge in [0.2, 0.25) is 0 Å². The van der Waals surface area contributed by atoms with Gasteiger partial charge in [0.05, 0.1) is 0 Å². The molecule has 0 spiro atoms. The van der Waals surface area contributed by atoms with E-state index in [0.717, 1.165) is 5.69 Å². The summed E-state index contributed by atoms with van der Waals surface area (Å²) < 4.78 is 0. The van der Waals surface area contributed by atoms with E-state index in [9.17, 15) is 0 Å². The molecule has 0 unspecified atom stereocenters. The fourth-order valence-electron chi connectivity index (χ4n) is 3.22. The highest BCUT2D eigenvalue weighted by Crippen LogP contribution is 2.49. The third-order valence-electron chi connectivity index (χ3n) is 4.57. The van der Waals surface area contributed by atoms with Crippen LogP contribution in [-0.2, 0) is 10.8 Å². The van der Waals surface area contributed by atoms with Crippen molar-refractivity contribution in [2.45, 2.75) is 45.4 Å². The molecule has 0 aliphatic heterocycles. The van der Waals surface area contributed by atoms with Gasteiger partial charge in [0, 0.05) is 11.1 Å². The summed E-state index contributed by atoms with van der Waals surface area (Å²) in [7, 11) is 0. The SMILES string of the molecule is CC(C)(C)c1ccc2c(c1)C(C)(C)c1cc(N)ccc1-2. The van der Waals surface area contributed by atoms with Crippen molar-refractivity contribution in [1.82, 2.24) is 0 Å². The number of benzene rings is 2. The van der Waals surface area contributed by atoms with Crippen molar-refractivity contribution < 1.29 is 0 Å². The maximum absolute atomic E-state index is 5.99. The van der Waals surface area contributed by atoms with Crippen LogP contribution < -0.4 is 5.73 Å². The van der Waals surface area contributed by atoms with E-state index in [2.05, 4.69) is 65.0 Å². The van der Waals surface area contributed by atoms with E-state index in [1.807, 2.05) is 6.07 Å². The molecular formula is C19H23N. The highest BCUT2D eigenvalue weighted by Gasteiger charge is 2.36. The molecule has 0 heterocycles. The molecule has 0 saturated carbocycles. The Bertz CT molecular complexity index is 687. The Morgan fingerprint density at radius 3 is 2.00 bits per heavy atom. The summed E-state index contributed by atoms with van der Waals surface area (Å²) in [4.78, 5) is 0. The molecule has 1 nitrogen and oxygen atoms in total. The monoisotopic (exact) mass is 265 g/mol. The molecule has 1 heteroatoms. The molecule has 0 atom stereocenters. The highest BCUT2D eigenvalue weighted by molar-refractivity contribution is 5.82. The normalized spacial score (nSPS) is 15.8. The van der Waals surface area contributed by atoms with Gasteiger partial charge in [-0.1, -0.05) is 58.9 Å². The average Bonchev–Trinajstić information content (AvgIpc) is 2.57. The largest absolute Gasteiger partial charge is 0.399 e. The maximum Gasteiger partial charge on any atom is 0.0317 e. The van der Waals surface area contributed by atoms with Gasteiger partial charge in [0.15, 0.2) is 0 Å². The lowest BCUT2D eigenvalue weighted by molar-refractivity contribution is 0.585. The van der Waals surface area contributed by atoms with Gasteiger partial charge in [0.25, 0.3) is 0 Å². The number of anilines is 1. The van der Waals surface area contributed by atoms with Gasteiger partial charge in [-0.05, 0) is 45.4 Å². The van der Waals surface area contributed by atoms with Gasteiger partial charge in [-0.3, -0.25) is 0 Å². The molecule has 0 saturated heterocycles. The van der Waals surface area contributed by atoms with Crippen molar-refractivity contribution in [2.24, 2.45) is 0 Å². The zero-order valence-electron chi connectivity index (χ0n) is 13.0. The molecule has 1 aliphatic carbocycles. The van der Waals surface area contributed by atoms with Gasteiger partial charge in [-0.25, -0.2) is 0 Å². The molecular weight excluding hydrogens is 242 g/mol. The van der Waals surface area contributed by atoms with E-state index in [-0.39, 0.29) is 10.8 Å². The molecule has 0 radical (unpaired) electrons. The van der Waals surface area contributed by atoms with Crippen LogP contribution in [0.2, 0.25) is 0 Å². The number of rotatable bonds is 0. The second-order valence-electron chi connectivity index (χ2n) is 7.44. The minimum Gasteiger partial charge on any atom is -0.399 e. The van der Waals surface area contributed by atoms with E-state index < -0.39 is 0 Å². The van der Waals surface area contributed by atoms with Crippen molar-refractivity contribution >= 4 is 5.69 Å². The van der Waals surface area contributed by atoms with Crippen molar-refractivity contribution in [2.75, 3.05) is 5.73 Å². The standard InChI is InChI=1S/C19H23N/c1-18(2,3)12-6-8-14-15-9-7-13(20)11-17(15)19(4,5)16(14)10-12/h6-11H,20H2,1-5H3. The van der Waals surface area contributed by atoms with Crippen LogP contribution in [0.3, 0.4) is 0 Å². The number of nitrogens with two attached hydrogens (primary N) is 1. The minimum atomic E-state index is 0.0291. The van der Waals surface area contributed by atoms with E-state index in [4.69, 9.17) is 5.73 Å². The van der Waals surface area contributed by atoms with Crippen molar-refractivity contribution in [3.05, 3.63) is 53.1 Å². The summed E-state index contributed by atoms with van der Waals surface area (Å²) in [6, 6.07) is 13.2. The molecule has 20 heavy (non-hydrogen) atoms. The smallest absolute Gasteiger partial charge is 0.0317 e. The number of hydrogen-bond acceptors (Lipinski definition) is 1. The average molecular weight is 265 g/mol. The molecule has 104 valence electrons. The Morgan fingerprint density at radius 2 is 1.40 bits per heavy atom. The van der Waals surface area contributed by atoms with E-state index in [1.165, 1.54) is 27.8 Å². The Hall–Kier alpha value is -1.76. The van der Waals surface area contributed by atoms with Crippen LogP contribution in [0.5, 0.6) is 0 Å². The molecule has 0 fully saturated rings. The van der Waals surface area contributed by atoms with Crippen LogP contribution >= 0.6 is 0 Å². The molecule has 0 aromatic heterocycles. The van der Waals surface area contributed by atoms with E-state index in [1.54, 1.807) is 0 Å². The molecule has 2 aromatic rings. The zero-order chi connectivity index (χ0) is 14.7. The number of nitrogen functional groups attached to an aromatic ring is 1. The minimum absolute atomic E-state index is 0.0291. The summed E-state index contributed by atoms with van der Waals surface area (Å²) in [5.74, 6) is 0. The van der Waals surface area contributed by atoms with Gasteiger partial charge in [0.1, 0.15) is 0 Å². The summed E-state index contributed by atoms with van der Waals surface area (Å²) in [6.45, 7) is 11.4. The number of hydrogen-bond donors (Lipinski definition) is 1. The third kappa shape index (κ3) is 1.76. The topological polar surface area (TPSA) is 26.0 Å². The van der Waals surface area contributed by atoms with E-state index >= 15 is 0 Å². The first-order valence-electron chi connectivity index (χ1n) is 7.26. The maximum atomic E-state index is 5.99. The van der Waals surface area contributed by atoms with Gasteiger partial charge in [-0.15, -0.1) is 0 Å². The first kappa shape index (κ1) is 13.2. The van der Waals surface area contributed by atoms with Crippen LogP contribution in [0.4, 0.5) is 5.69 Å². The Labute approximate surface area is 121 Å². The molecule has 0 bridgehead atoms. The predicted octanol–water partition coefficient (Wildman–Crippen LogP) is 4.87. The summed E-state index contributed by atoms with van der Waals surface area (Å²) >= 11 is 0. The second kappa shape index (κ2) is 3.88. The van der Waals surface area contributed by atoms with Crippen molar-refractivity contribution in [3.8, 4) is 11.1 Å². The zero-order valence-corrected chi connectivity index (χ0v) is 13.0. The molecule has 1 aliphatic rings. The van der Waals surface area contributed by atoms with Gasteiger partial charge < -0.3 is 5.73 Å². The number of fused-ring (bicyclic) bond motifs is 3.